The van der Waals surface area contributed by atoms with E-state index in [0.29, 0.717) is 74.8 Å². The van der Waals surface area contributed by atoms with Gasteiger partial charge in [-0.3, -0.25) is 56.5 Å². The standard InChI is InChI=1S/C21H26N4OS.C16H21N3O3.C16H23N3O.C12H13ClN2O3.C6H7NS2.C4H9N.HI.H4N2/c22-21(19-5-3-14-27-19)23-17-7-8-18-16(15-17)6-9-20(26)25(18)13-4-12-24-10-1-2-11-24;20-16-7-4-13-12-14(19(21)22)5-6-15(13)18(16)11-3-10-17-8-1-2-9-17;17-14-5-6-15-13(12-14)4-7-16(20)19(15)11-3-10-18-8-1-2-9-18;13-6-1-7-14-11-4-3-10(15(17)18)8-9(11)2-5-12(14)16;1-8-6(7)5-3-2-4-9-5;1-2-4-5-3-1;;1-2/h3,5,7-8,14-15H,1-2,4,6,9-13H2,(H2,22,23);5-6,12H,1-4,7-11H2;5-6,12H,1-4,7-11,17H2;3-4,8H,1-2,5-7H2;2-4,7H,1H3;5H,1-4H2;1H;1-2H2. The van der Waals surface area contributed by atoms with Crippen molar-refractivity contribution in [2.24, 2.45) is 22.4 Å². The van der Waals surface area contributed by atoms with E-state index in [0.717, 1.165) is 133 Å². The van der Waals surface area contributed by atoms with Crippen LogP contribution in [0.2, 0.25) is 0 Å². The lowest BCUT2D eigenvalue weighted by Gasteiger charge is -2.30. The molecule has 2 aromatic heterocycles. The molecule has 8 aliphatic heterocycles. The fraction of sp³-hybridized carbons (Fsp3) is 0.493. The molecule has 0 bridgehead atoms. The SMILES string of the molecule is C1CCNC1.CSC(=N)c1cccs1.I.NC(=Nc1ccc2c(c1)CCC(=O)N2CCCN1CCCC1)c1cccs1.NN.Nc1ccc2c(c1)CCC(=O)N2CCCN1CCCC1.O=C1CCc2cc([N+](=O)[O-])ccc2N1CCCCl.O=C1CCc2cc([N+](=O)[O-])ccc2N1CCCN1CCCC1. The van der Waals surface area contributed by atoms with Gasteiger partial charge in [-0.05, 0) is 275 Å². The molecular formula is C75H104ClIN16O8S3. The van der Waals surface area contributed by atoms with Gasteiger partial charge in [0.05, 0.1) is 25.3 Å². The summed E-state index contributed by atoms with van der Waals surface area (Å²) in [6.07, 6.45) is 21.0. The van der Waals surface area contributed by atoms with E-state index in [-0.39, 0.29) is 63.9 Å². The van der Waals surface area contributed by atoms with Crippen LogP contribution in [-0.4, -0.2) is 169 Å². The van der Waals surface area contributed by atoms with Gasteiger partial charge >= 0.3 is 0 Å². The number of thioether (sulfide) groups is 1. The summed E-state index contributed by atoms with van der Waals surface area (Å²) in [7, 11) is 0. The van der Waals surface area contributed by atoms with E-state index in [4.69, 9.17) is 28.5 Å². The van der Waals surface area contributed by atoms with E-state index in [9.17, 15) is 39.4 Å². The lowest BCUT2D eigenvalue weighted by molar-refractivity contribution is -0.385. The maximum absolute atomic E-state index is 12.5. The van der Waals surface area contributed by atoms with Crippen molar-refractivity contribution in [3.05, 3.63) is 160 Å². The number of carbonyl (C=O) groups is 4. The van der Waals surface area contributed by atoms with Crippen LogP contribution in [0, 0.1) is 25.6 Å². The predicted octanol–water partition coefficient (Wildman–Crippen LogP) is 12.7. The first kappa shape index (κ1) is 84.3. The second-order valence-corrected chi connectivity index (χ2v) is 29.3. The highest BCUT2D eigenvalue weighted by molar-refractivity contribution is 14.0. The van der Waals surface area contributed by atoms with Crippen molar-refractivity contribution in [2.45, 2.75) is 128 Å². The van der Waals surface area contributed by atoms with Gasteiger partial charge < -0.3 is 51.1 Å². The van der Waals surface area contributed by atoms with Crippen molar-refractivity contribution in [3.8, 4) is 0 Å². The van der Waals surface area contributed by atoms with E-state index < -0.39 is 4.92 Å². The number of fused-ring (bicyclic) bond motifs is 4. The van der Waals surface area contributed by atoms with Gasteiger partial charge in [-0.1, -0.05) is 12.1 Å². The summed E-state index contributed by atoms with van der Waals surface area (Å²) in [5.41, 5.74) is 21.7. The molecule has 10 heterocycles. The van der Waals surface area contributed by atoms with E-state index in [1.54, 1.807) is 56.7 Å². The molecular weight excluding hydrogens is 1510 g/mol. The van der Waals surface area contributed by atoms with Crippen LogP contribution in [0.4, 0.5) is 45.5 Å². The van der Waals surface area contributed by atoms with E-state index in [1.807, 2.05) is 81.4 Å². The monoisotopic (exact) mass is 1610 g/mol. The highest BCUT2D eigenvalue weighted by Gasteiger charge is 2.30. The fourth-order valence-electron chi connectivity index (χ4n) is 13.8. The number of benzene rings is 4. The van der Waals surface area contributed by atoms with Gasteiger partial charge in [0.15, 0.2) is 0 Å². The highest BCUT2D eigenvalue weighted by atomic mass is 127. The first-order valence-corrected chi connectivity index (χ1v) is 39.7. The van der Waals surface area contributed by atoms with E-state index in [2.05, 4.69) is 42.8 Å². The Hall–Kier alpha value is -6.97. The molecule has 4 fully saturated rings. The summed E-state index contributed by atoms with van der Waals surface area (Å²) in [6.45, 7) is 15.8. The summed E-state index contributed by atoms with van der Waals surface area (Å²) < 4.78 is 0. The summed E-state index contributed by atoms with van der Waals surface area (Å²) in [6, 6.07) is 29.3. The summed E-state index contributed by atoms with van der Waals surface area (Å²) in [5.74, 6) is 9.71. The molecule has 29 heteroatoms. The lowest BCUT2D eigenvalue weighted by Crippen LogP contribution is -2.37. The van der Waals surface area contributed by atoms with Crippen LogP contribution in [0.1, 0.15) is 135 Å². The largest absolute Gasteiger partial charge is 0.399 e. The fourth-order valence-corrected chi connectivity index (χ4v) is 15.8. The third kappa shape index (κ3) is 25.6. The number of nitrogen functional groups attached to an aromatic ring is 1. The number of alkyl halides is 1. The number of nitrogens with two attached hydrogens (primary N) is 4. The predicted molar refractivity (Wildman–Crippen MR) is 438 cm³/mol. The summed E-state index contributed by atoms with van der Waals surface area (Å²) in [4.78, 5) is 90.8. The molecule has 0 aliphatic carbocycles. The molecule has 0 spiro atoms. The van der Waals surface area contributed by atoms with Gasteiger partial charge in [0.1, 0.15) is 10.9 Å². The van der Waals surface area contributed by atoms with Crippen LogP contribution in [0.5, 0.6) is 0 Å². The van der Waals surface area contributed by atoms with Crippen molar-refractivity contribution in [3.63, 3.8) is 0 Å². The molecule has 6 aromatic rings. The third-order valence-electron chi connectivity index (χ3n) is 19.1. The summed E-state index contributed by atoms with van der Waals surface area (Å²) >= 11 is 10.3. The number of amidine groups is 1. The minimum absolute atomic E-state index is 0. The number of nitro groups is 2. The number of anilines is 5. The lowest BCUT2D eigenvalue weighted by atomic mass is 10.00. The Bertz CT molecular complexity index is 3750. The number of nitrogens with zero attached hydrogens (tertiary/aromatic N) is 10. The first-order chi connectivity index (χ1) is 50.1. The van der Waals surface area contributed by atoms with Crippen molar-refractivity contribution < 1.29 is 29.0 Å². The van der Waals surface area contributed by atoms with Crippen LogP contribution in [0.3, 0.4) is 0 Å². The Labute approximate surface area is 646 Å². The number of aryl methyl sites for hydroxylation is 4. The number of non-ortho nitro benzene ring substituents is 2. The molecule has 0 unspecified atom stereocenters. The molecule has 8 aliphatic rings. The number of nitrogens with one attached hydrogen (secondary N) is 2. The number of thiophene rings is 2. The topological polar surface area (TPSA) is 330 Å². The Morgan fingerprint density at radius 1 is 0.519 bits per heavy atom. The molecule has 4 aromatic carbocycles. The van der Waals surface area contributed by atoms with Crippen LogP contribution in [-0.2, 0) is 44.9 Å². The van der Waals surface area contributed by atoms with Gasteiger partial charge in [0, 0.05) is 110 Å². The maximum Gasteiger partial charge on any atom is 0.269 e. The highest BCUT2D eigenvalue weighted by Crippen LogP contribution is 2.35. The average Bonchev–Trinajstić information content (AvgIpc) is 0.984. The number of nitro benzene ring substituents is 2. The number of hydrogen-bond acceptors (Lipinski definition) is 20. The Morgan fingerprint density at radius 3 is 1.24 bits per heavy atom. The van der Waals surface area contributed by atoms with Gasteiger partial charge in [-0.25, -0.2) is 4.99 Å². The number of carbonyl (C=O) groups excluding carboxylic acids is 4. The number of likely N-dealkylation sites (tertiary alicyclic amines) is 3. The molecule has 0 radical (unpaired) electrons. The second kappa shape index (κ2) is 44.9. The van der Waals surface area contributed by atoms with Crippen LogP contribution < -0.4 is 48.1 Å². The smallest absolute Gasteiger partial charge is 0.269 e. The minimum atomic E-state index is -0.417. The first-order valence-electron chi connectivity index (χ1n) is 36.2. The van der Waals surface area contributed by atoms with Crippen LogP contribution in [0.15, 0.2) is 113 Å². The van der Waals surface area contributed by atoms with Gasteiger partial charge in [-0.2, -0.15) is 0 Å². The Morgan fingerprint density at radius 2 is 0.885 bits per heavy atom. The minimum Gasteiger partial charge on any atom is -0.399 e. The van der Waals surface area contributed by atoms with Gasteiger partial charge in [0.2, 0.25) is 23.6 Å². The molecule has 10 N–H and O–H groups in total. The molecule has 24 nitrogen and oxygen atoms in total. The van der Waals surface area contributed by atoms with Crippen molar-refractivity contribution >= 4 is 150 Å². The molecule has 4 saturated heterocycles. The van der Waals surface area contributed by atoms with E-state index >= 15 is 0 Å². The summed E-state index contributed by atoms with van der Waals surface area (Å²) in [5, 5.41) is 36.8. The maximum atomic E-state index is 12.5. The normalized spacial score (nSPS) is 16.9. The molecule has 14 rings (SSSR count). The molecule has 0 saturated carbocycles. The van der Waals surface area contributed by atoms with Gasteiger partial charge in [0.25, 0.3) is 11.4 Å². The molecule has 4 amide bonds. The zero-order valence-corrected chi connectivity index (χ0v) is 65.4. The number of hydrogen-bond donors (Lipinski definition) is 6. The number of hydrazine groups is 1. The number of rotatable bonds is 20. The second-order valence-electron chi connectivity index (χ2n) is 26.2. The molecule has 104 heavy (non-hydrogen) atoms. The molecule has 564 valence electrons. The molecule has 0 atom stereocenters. The third-order valence-corrected chi connectivity index (χ3v) is 21.9. The number of halogens is 2. The van der Waals surface area contributed by atoms with Crippen LogP contribution in [0.25, 0.3) is 0 Å². The van der Waals surface area contributed by atoms with Crippen molar-refractivity contribution in [1.82, 2.24) is 20.0 Å². The van der Waals surface area contributed by atoms with Gasteiger partial charge in [-0.15, -0.1) is 70.0 Å². The van der Waals surface area contributed by atoms with Crippen molar-refractivity contribution in [1.29, 1.82) is 5.41 Å². The van der Waals surface area contributed by atoms with Crippen molar-refractivity contribution in [2.75, 3.05) is 136 Å². The van der Waals surface area contributed by atoms with E-state index in [1.165, 1.54) is 126 Å². The number of amides is 4. The van der Waals surface area contributed by atoms with Crippen LogP contribution >= 0.6 is 70.0 Å². The Balaban J connectivity index is 0.000000182. The quantitative estimate of drug-likeness (QED) is 0.00604. The zero-order valence-electron chi connectivity index (χ0n) is 59.9. The zero-order chi connectivity index (χ0) is 73.5. The Kier molecular flexibility index (Phi) is 36.4. The average molecular weight is 1620 g/mol. The number of aliphatic imine (C=N–C) groups is 1.